The van der Waals surface area contributed by atoms with E-state index in [2.05, 4.69) is 4.72 Å². The SMILES string of the molecule is CC(C)C(C)(CN)NS(=O)(=O)c1ccco1. The van der Waals surface area contributed by atoms with E-state index >= 15 is 0 Å². The zero-order valence-corrected chi connectivity index (χ0v) is 10.5. The van der Waals surface area contributed by atoms with Crippen molar-refractivity contribution in [3.8, 4) is 0 Å². The second-order valence-corrected chi connectivity index (χ2v) is 5.93. The van der Waals surface area contributed by atoms with Crippen LogP contribution in [0.15, 0.2) is 27.9 Å². The maximum Gasteiger partial charge on any atom is 0.274 e. The lowest BCUT2D eigenvalue weighted by Gasteiger charge is -2.32. The van der Waals surface area contributed by atoms with Crippen molar-refractivity contribution in [1.82, 2.24) is 4.72 Å². The van der Waals surface area contributed by atoms with E-state index in [0.29, 0.717) is 0 Å². The highest BCUT2D eigenvalue weighted by Crippen LogP contribution is 2.19. The van der Waals surface area contributed by atoms with Crippen LogP contribution in [0.4, 0.5) is 0 Å². The lowest BCUT2D eigenvalue weighted by molar-refractivity contribution is 0.310. The van der Waals surface area contributed by atoms with E-state index in [1.54, 1.807) is 6.92 Å². The Morgan fingerprint density at radius 1 is 1.56 bits per heavy atom. The molecule has 3 N–H and O–H groups in total. The average molecular weight is 246 g/mol. The number of furan rings is 1. The van der Waals surface area contributed by atoms with Gasteiger partial charge in [0.1, 0.15) is 0 Å². The molecule has 1 aromatic heterocycles. The van der Waals surface area contributed by atoms with Crippen LogP contribution in [0, 0.1) is 5.92 Å². The van der Waals surface area contributed by atoms with Crippen LogP contribution in [0.25, 0.3) is 0 Å². The van der Waals surface area contributed by atoms with Crippen LogP contribution < -0.4 is 10.5 Å². The normalized spacial score (nSPS) is 16.3. The minimum atomic E-state index is -3.63. The van der Waals surface area contributed by atoms with E-state index in [-0.39, 0.29) is 17.6 Å². The summed E-state index contributed by atoms with van der Waals surface area (Å²) in [4.78, 5) is 0. The number of hydrogen-bond acceptors (Lipinski definition) is 4. The summed E-state index contributed by atoms with van der Waals surface area (Å²) in [6.45, 7) is 5.83. The Kier molecular flexibility index (Phi) is 3.77. The molecule has 92 valence electrons. The zero-order chi connectivity index (χ0) is 12.4. The second kappa shape index (κ2) is 4.57. The molecule has 6 heteroatoms. The fraction of sp³-hybridized carbons (Fsp3) is 0.600. The summed E-state index contributed by atoms with van der Waals surface area (Å²) in [7, 11) is -3.63. The topological polar surface area (TPSA) is 85.3 Å². The minimum Gasteiger partial charge on any atom is -0.452 e. The summed E-state index contributed by atoms with van der Waals surface area (Å²) < 4.78 is 31.3. The molecule has 1 aromatic rings. The van der Waals surface area contributed by atoms with Crippen LogP contribution in [0.3, 0.4) is 0 Å². The van der Waals surface area contributed by atoms with Crippen molar-refractivity contribution < 1.29 is 12.8 Å². The van der Waals surface area contributed by atoms with Gasteiger partial charge < -0.3 is 10.2 Å². The van der Waals surface area contributed by atoms with Gasteiger partial charge in [-0.05, 0) is 25.0 Å². The molecule has 0 aliphatic carbocycles. The van der Waals surface area contributed by atoms with Gasteiger partial charge in [-0.2, -0.15) is 0 Å². The number of nitrogens with two attached hydrogens (primary N) is 1. The van der Waals surface area contributed by atoms with Gasteiger partial charge in [0.25, 0.3) is 10.0 Å². The Morgan fingerprint density at radius 3 is 2.56 bits per heavy atom. The van der Waals surface area contributed by atoms with Crippen LogP contribution in [0.1, 0.15) is 20.8 Å². The van der Waals surface area contributed by atoms with E-state index in [0.717, 1.165) is 0 Å². The monoisotopic (exact) mass is 246 g/mol. The summed E-state index contributed by atoms with van der Waals surface area (Å²) >= 11 is 0. The molecule has 0 spiro atoms. The third kappa shape index (κ3) is 2.63. The van der Waals surface area contributed by atoms with Gasteiger partial charge in [-0.25, -0.2) is 13.1 Å². The van der Waals surface area contributed by atoms with Gasteiger partial charge in [-0.3, -0.25) is 0 Å². The molecule has 0 aliphatic rings. The molecule has 0 aliphatic heterocycles. The van der Waals surface area contributed by atoms with Gasteiger partial charge in [-0.15, -0.1) is 0 Å². The molecule has 16 heavy (non-hydrogen) atoms. The van der Waals surface area contributed by atoms with Gasteiger partial charge in [0.2, 0.25) is 5.09 Å². The molecular weight excluding hydrogens is 228 g/mol. The molecule has 0 bridgehead atoms. The number of nitrogens with one attached hydrogen (secondary N) is 1. The first-order valence-electron chi connectivity index (χ1n) is 5.09. The Morgan fingerprint density at radius 2 is 2.19 bits per heavy atom. The lowest BCUT2D eigenvalue weighted by Crippen LogP contribution is -2.54. The van der Waals surface area contributed by atoms with Crippen LogP contribution in [-0.2, 0) is 10.0 Å². The highest BCUT2D eigenvalue weighted by Gasteiger charge is 2.33. The maximum atomic E-state index is 11.9. The molecule has 0 saturated carbocycles. The Bertz CT molecular complexity index is 425. The predicted octanol–water partition coefficient (Wildman–Crippen LogP) is 0.931. The summed E-state index contributed by atoms with van der Waals surface area (Å²) in [6.07, 6.45) is 1.32. The van der Waals surface area contributed by atoms with Crippen LogP contribution >= 0.6 is 0 Å². The number of rotatable bonds is 5. The first-order chi connectivity index (χ1) is 7.32. The molecule has 1 heterocycles. The fourth-order valence-electron chi connectivity index (χ4n) is 1.17. The Labute approximate surface area is 96.1 Å². The summed E-state index contributed by atoms with van der Waals surface area (Å²) in [5, 5.41) is -0.0900. The average Bonchev–Trinajstić information content (AvgIpc) is 2.70. The van der Waals surface area contributed by atoms with Crippen LogP contribution in [-0.4, -0.2) is 20.5 Å². The molecular formula is C10H18N2O3S. The molecule has 0 amide bonds. The summed E-state index contributed by atoms with van der Waals surface area (Å²) in [5.74, 6) is 0.0854. The van der Waals surface area contributed by atoms with E-state index in [4.69, 9.17) is 10.2 Å². The highest BCUT2D eigenvalue weighted by molar-refractivity contribution is 7.89. The molecule has 0 saturated heterocycles. The molecule has 5 nitrogen and oxygen atoms in total. The summed E-state index contributed by atoms with van der Waals surface area (Å²) in [5.41, 5.74) is 4.94. The van der Waals surface area contributed by atoms with Crippen molar-refractivity contribution in [1.29, 1.82) is 0 Å². The van der Waals surface area contributed by atoms with Crippen molar-refractivity contribution in [3.05, 3.63) is 18.4 Å². The molecule has 1 unspecified atom stereocenters. The number of hydrogen-bond donors (Lipinski definition) is 2. The smallest absolute Gasteiger partial charge is 0.274 e. The second-order valence-electron chi connectivity index (χ2n) is 4.31. The molecule has 1 rings (SSSR count). The molecule has 1 atom stereocenters. The van der Waals surface area contributed by atoms with Crippen molar-refractivity contribution in [2.75, 3.05) is 6.54 Å². The van der Waals surface area contributed by atoms with E-state index in [1.807, 2.05) is 13.8 Å². The van der Waals surface area contributed by atoms with Crippen LogP contribution in [0.5, 0.6) is 0 Å². The quantitative estimate of drug-likeness (QED) is 0.809. The predicted molar refractivity (Wildman–Crippen MR) is 61.3 cm³/mol. The van der Waals surface area contributed by atoms with Crippen molar-refractivity contribution in [2.24, 2.45) is 11.7 Å². The van der Waals surface area contributed by atoms with Crippen molar-refractivity contribution >= 4 is 10.0 Å². The Balaban J connectivity index is 2.97. The van der Waals surface area contributed by atoms with Crippen LogP contribution in [0.2, 0.25) is 0 Å². The highest BCUT2D eigenvalue weighted by atomic mass is 32.2. The largest absolute Gasteiger partial charge is 0.452 e. The zero-order valence-electron chi connectivity index (χ0n) is 9.73. The van der Waals surface area contributed by atoms with Gasteiger partial charge in [-0.1, -0.05) is 13.8 Å². The Hall–Kier alpha value is -0.850. The minimum absolute atomic E-state index is 0.0854. The van der Waals surface area contributed by atoms with E-state index in [9.17, 15) is 8.42 Å². The first kappa shape index (κ1) is 13.2. The molecule has 0 aromatic carbocycles. The van der Waals surface area contributed by atoms with Gasteiger partial charge in [0, 0.05) is 12.1 Å². The summed E-state index contributed by atoms with van der Waals surface area (Å²) in [6, 6.07) is 2.93. The van der Waals surface area contributed by atoms with Crippen molar-refractivity contribution in [2.45, 2.75) is 31.4 Å². The first-order valence-corrected chi connectivity index (χ1v) is 6.58. The van der Waals surface area contributed by atoms with E-state index in [1.165, 1.54) is 18.4 Å². The van der Waals surface area contributed by atoms with Gasteiger partial charge in [0.15, 0.2) is 0 Å². The third-order valence-corrected chi connectivity index (χ3v) is 4.32. The number of sulfonamides is 1. The maximum absolute atomic E-state index is 11.9. The van der Waals surface area contributed by atoms with Gasteiger partial charge >= 0.3 is 0 Å². The third-order valence-electron chi connectivity index (χ3n) is 2.83. The lowest BCUT2D eigenvalue weighted by atomic mass is 9.90. The standard InChI is InChI=1S/C10H18N2O3S/c1-8(2)10(3,7-11)12-16(13,14)9-5-4-6-15-9/h4-6,8,12H,7,11H2,1-3H3. The fourth-order valence-corrected chi connectivity index (χ4v) is 2.64. The van der Waals surface area contributed by atoms with E-state index < -0.39 is 15.6 Å². The molecule has 0 fully saturated rings. The van der Waals surface area contributed by atoms with Crippen molar-refractivity contribution in [3.63, 3.8) is 0 Å². The molecule has 0 radical (unpaired) electrons. The van der Waals surface area contributed by atoms with Gasteiger partial charge in [0.05, 0.1) is 6.26 Å².